The molecule has 2 aliphatic rings. The Kier molecular flexibility index (Phi) is 7.75. The first-order valence-electron chi connectivity index (χ1n) is 10.9. The van der Waals surface area contributed by atoms with E-state index in [1.54, 1.807) is 0 Å². The van der Waals surface area contributed by atoms with Crippen LogP contribution < -0.4 is 4.74 Å². The molecule has 0 radical (unpaired) electrons. The zero-order chi connectivity index (χ0) is 20.0. The first-order valence-corrected chi connectivity index (χ1v) is 10.9. The van der Waals surface area contributed by atoms with Crippen molar-refractivity contribution in [3.8, 4) is 5.75 Å². The SMILES string of the molecule is CN(C[C@@H](O)COc1cccc(CN2CCOC(C)(C)C2)c1)C1CCCCC1. The van der Waals surface area contributed by atoms with Gasteiger partial charge in [-0.3, -0.25) is 4.90 Å². The number of aliphatic hydroxyl groups is 1. The number of nitrogens with zero attached hydrogens (tertiary/aromatic N) is 2. The summed E-state index contributed by atoms with van der Waals surface area (Å²) < 4.78 is 11.7. The van der Waals surface area contributed by atoms with Crippen LogP contribution in [0.4, 0.5) is 0 Å². The summed E-state index contributed by atoms with van der Waals surface area (Å²) >= 11 is 0. The Morgan fingerprint density at radius 2 is 2.07 bits per heavy atom. The van der Waals surface area contributed by atoms with E-state index in [0.29, 0.717) is 19.2 Å². The molecule has 1 N–H and O–H groups in total. The molecule has 5 nitrogen and oxygen atoms in total. The van der Waals surface area contributed by atoms with Gasteiger partial charge in [-0.25, -0.2) is 0 Å². The van der Waals surface area contributed by atoms with Crippen LogP contribution >= 0.6 is 0 Å². The first-order chi connectivity index (χ1) is 13.4. The van der Waals surface area contributed by atoms with Crippen LogP contribution in [0.15, 0.2) is 24.3 Å². The van der Waals surface area contributed by atoms with Crippen LogP contribution in [0.25, 0.3) is 0 Å². The summed E-state index contributed by atoms with van der Waals surface area (Å²) in [5.41, 5.74) is 1.16. The van der Waals surface area contributed by atoms with Gasteiger partial charge in [-0.15, -0.1) is 0 Å². The first kappa shape index (κ1) is 21.6. The van der Waals surface area contributed by atoms with Crippen molar-refractivity contribution in [1.82, 2.24) is 9.80 Å². The monoisotopic (exact) mass is 390 g/mol. The van der Waals surface area contributed by atoms with Crippen molar-refractivity contribution in [2.45, 2.75) is 70.2 Å². The smallest absolute Gasteiger partial charge is 0.119 e. The van der Waals surface area contributed by atoms with Crippen molar-refractivity contribution in [2.75, 3.05) is 39.9 Å². The average molecular weight is 391 g/mol. The Bertz CT molecular complexity index is 601. The summed E-state index contributed by atoms with van der Waals surface area (Å²) in [4.78, 5) is 4.74. The predicted molar refractivity (Wildman–Crippen MR) is 113 cm³/mol. The van der Waals surface area contributed by atoms with Gasteiger partial charge in [0.25, 0.3) is 0 Å². The third-order valence-corrected chi connectivity index (χ3v) is 5.95. The number of benzene rings is 1. The number of rotatable bonds is 8. The molecular formula is C23H38N2O3. The van der Waals surface area contributed by atoms with Crippen LogP contribution in [0.3, 0.4) is 0 Å². The zero-order valence-electron chi connectivity index (χ0n) is 17.9. The second-order valence-corrected chi connectivity index (χ2v) is 9.16. The summed E-state index contributed by atoms with van der Waals surface area (Å²) in [5, 5.41) is 10.4. The summed E-state index contributed by atoms with van der Waals surface area (Å²) in [5.74, 6) is 0.837. The minimum Gasteiger partial charge on any atom is -0.491 e. The van der Waals surface area contributed by atoms with Crippen molar-refractivity contribution in [3.63, 3.8) is 0 Å². The van der Waals surface area contributed by atoms with Crippen LogP contribution in [0.2, 0.25) is 0 Å². The molecule has 1 heterocycles. The van der Waals surface area contributed by atoms with Gasteiger partial charge in [0, 0.05) is 32.2 Å². The second-order valence-electron chi connectivity index (χ2n) is 9.16. The van der Waals surface area contributed by atoms with E-state index in [4.69, 9.17) is 9.47 Å². The fourth-order valence-electron chi connectivity index (χ4n) is 4.49. The van der Waals surface area contributed by atoms with E-state index < -0.39 is 6.10 Å². The van der Waals surface area contributed by atoms with Crippen molar-refractivity contribution in [3.05, 3.63) is 29.8 Å². The van der Waals surface area contributed by atoms with Gasteiger partial charge in [-0.2, -0.15) is 0 Å². The minimum absolute atomic E-state index is 0.0825. The quantitative estimate of drug-likeness (QED) is 0.738. The highest BCUT2D eigenvalue weighted by molar-refractivity contribution is 5.28. The topological polar surface area (TPSA) is 45.2 Å². The third-order valence-electron chi connectivity index (χ3n) is 5.95. The highest BCUT2D eigenvalue weighted by Crippen LogP contribution is 2.22. The summed E-state index contributed by atoms with van der Waals surface area (Å²) in [6.45, 7) is 8.87. The van der Waals surface area contributed by atoms with Crippen LogP contribution in [-0.4, -0.2) is 72.5 Å². The summed E-state index contributed by atoms with van der Waals surface area (Å²) in [6, 6.07) is 8.87. The van der Waals surface area contributed by atoms with Crippen LogP contribution in [0.5, 0.6) is 5.75 Å². The fourth-order valence-corrected chi connectivity index (χ4v) is 4.49. The third kappa shape index (κ3) is 6.73. The van der Waals surface area contributed by atoms with E-state index in [0.717, 1.165) is 32.0 Å². The van der Waals surface area contributed by atoms with Gasteiger partial charge < -0.3 is 19.5 Å². The Balaban J connectivity index is 1.45. The summed E-state index contributed by atoms with van der Waals surface area (Å²) in [7, 11) is 2.13. The largest absolute Gasteiger partial charge is 0.491 e. The number of aliphatic hydroxyl groups excluding tert-OH is 1. The fraction of sp³-hybridized carbons (Fsp3) is 0.739. The van der Waals surface area contributed by atoms with E-state index in [2.05, 4.69) is 42.8 Å². The molecule has 0 bridgehead atoms. The standard InChI is InChI=1S/C23H38N2O3/c1-23(2)18-25(12-13-28-23)15-19-8-7-11-22(14-19)27-17-21(26)16-24(3)20-9-5-4-6-10-20/h7-8,11,14,20-21,26H,4-6,9-10,12-13,15-18H2,1-3H3/t21-/m1/s1. The van der Waals surface area contributed by atoms with E-state index >= 15 is 0 Å². The number of likely N-dealkylation sites (N-methyl/N-ethyl adjacent to an activating group) is 1. The number of hydrogen-bond donors (Lipinski definition) is 1. The van der Waals surface area contributed by atoms with Crippen LogP contribution in [0, 0.1) is 0 Å². The molecule has 28 heavy (non-hydrogen) atoms. The van der Waals surface area contributed by atoms with Gasteiger partial charge in [-0.1, -0.05) is 31.4 Å². The molecule has 5 heteroatoms. The number of morpholine rings is 1. The van der Waals surface area contributed by atoms with Crippen LogP contribution in [-0.2, 0) is 11.3 Å². The minimum atomic E-state index is -0.462. The highest BCUT2D eigenvalue weighted by atomic mass is 16.5. The molecule has 158 valence electrons. The Morgan fingerprint density at radius 3 is 2.82 bits per heavy atom. The van der Waals surface area contributed by atoms with Gasteiger partial charge in [0.2, 0.25) is 0 Å². The maximum atomic E-state index is 10.4. The lowest BCUT2D eigenvalue weighted by molar-refractivity contribution is -0.0882. The predicted octanol–water partition coefficient (Wildman–Crippen LogP) is 3.30. The van der Waals surface area contributed by atoms with E-state index in [9.17, 15) is 5.11 Å². The zero-order valence-corrected chi connectivity index (χ0v) is 17.9. The molecule has 0 aromatic heterocycles. The molecule has 0 amide bonds. The lowest BCUT2D eigenvalue weighted by Crippen LogP contribution is -2.47. The van der Waals surface area contributed by atoms with Crippen molar-refractivity contribution >= 4 is 0 Å². The van der Waals surface area contributed by atoms with Crippen molar-refractivity contribution in [2.24, 2.45) is 0 Å². The molecular weight excluding hydrogens is 352 g/mol. The Morgan fingerprint density at radius 1 is 1.29 bits per heavy atom. The van der Waals surface area contributed by atoms with Crippen LogP contribution in [0.1, 0.15) is 51.5 Å². The lowest BCUT2D eigenvalue weighted by Gasteiger charge is -2.38. The molecule has 0 spiro atoms. The normalized spacial score (nSPS) is 22.3. The number of ether oxygens (including phenoxy) is 2. The van der Waals surface area contributed by atoms with Crippen molar-refractivity contribution in [1.29, 1.82) is 0 Å². The van der Waals surface area contributed by atoms with Gasteiger partial charge in [0.15, 0.2) is 0 Å². The van der Waals surface area contributed by atoms with Gasteiger partial charge >= 0.3 is 0 Å². The van der Waals surface area contributed by atoms with E-state index in [1.165, 1.54) is 37.7 Å². The van der Waals surface area contributed by atoms with Gasteiger partial charge in [0.1, 0.15) is 18.5 Å². The van der Waals surface area contributed by atoms with E-state index in [-0.39, 0.29) is 5.60 Å². The molecule has 1 saturated carbocycles. The molecule has 1 aromatic rings. The maximum absolute atomic E-state index is 10.4. The lowest BCUT2D eigenvalue weighted by atomic mass is 9.94. The average Bonchev–Trinajstić information content (AvgIpc) is 2.66. The molecule has 1 aliphatic carbocycles. The molecule has 3 rings (SSSR count). The Labute approximate surface area is 170 Å². The second kappa shape index (κ2) is 10.1. The molecule has 1 saturated heterocycles. The van der Waals surface area contributed by atoms with E-state index in [1.807, 2.05) is 12.1 Å². The van der Waals surface area contributed by atoms with Gasteiger partial charge in [0.05, 0.1) is 12.2 Å². The number of hydrogen-bond acceptors (Lipinski definition) is 5. The Hall–Kier alpha value is -1.14. The molecule has 0 unspecified atom stereocenters. The highest BCUT2D eigenvalue weighted by Gasteiger charge is 2.27. The molecule has 1 atom stereocenters. The van der Waals surface area contributed by atoms with Gasteiger partial charge in [-0.05, 0) is 51.4 Å². The maximum Gasteiger partial charge on any atom is 0.119 e. The summed E-state index contributed by atoms with van der Waals surface area (Å²) in [6.07, 6.45) is 6.03. The van der Waals surface area contributed by atoms with Crippen molar-refractivity contribution < 1.29 is 14.6 Å². The molecule has 1 aromatic carbocycles. The molecule has 1 aliphatic heterocycles. The molecule has 2 fully saturated rings.